The number of hydrogen-bond acceptors (Lipinski definition) is 9. The van der Waals surface area contributed by atoms with Gasteiger partial charge in [0.15, 0.2) is 11.5 Å². The zero-order chi connectivity index (χ0) is 27.8. The van der Waals surface area contributed by atoms with Gasteiger partial charge in [-0.1, -0.05) is 38.7 Å². The van der Waals surface area contributed by atoms with Crippen LogP contribution in [0.3, 0.4) is 0 Å². The number of aldehydes is 1. The van der Waals surface area contributed by atoms with Gasteiger partial charge in [0.25, 0.3) is 0 Å². The van der Waals surface area contributed by atoms with Gasteiger partial charge in [0.2, 0.25) is 0 Å². The van der Waals surface area contributed by atoms with Gasteiger partial charge in [-0.05, 0) is 37.1 Å². The Balaban J connectivity index is 0.000000550. The number of benzene rings is 2. The molecule has 0 spiro atoms. The molecule has 9 nitrogen and oxygen atoms in total. The van der Waals surface area contributed by atoms with Crippen molar-refractivity contribution >= 4 is 34.7 Å². The Bertz CT molecular complexity index is 1220. The number of aromatic nitrogens is 2. The number of methoxy groups -OCH3 is 1. The van der Waals surface area contributed by atoms with Crippen LogP contribution in [0.2, 0.25) is 0 Å². The Morgan fingerprint density at radius 1 is 1.11 bits per heavy atom. The molecule has 2 aromatic carbocycles. The maximum absolute atomic E-state index is 10.5. The van der Waals surface area contributed by atoms with E-state index in [2.05, 4.69) is 31.5 Å². The van der Waals surface area contributed by atoms with E-state index in [-0.39, 0.29) is 11.9 Å². The molecule has 0 saturated heterocycles. The normalized spacial score (nSPS) is 10.2. The lowest BCUT2D eigenvalue weighted by molar-refractivity contribution is -0.153. The molecule has 0 bridgehead atoms. The summed E-state index contributed by atoms with van der Waals surface area (Å²) in [6, 6.07) is 11.3. The second kappa shape index (κ2) is 16.6. The molecule has 0 aliphatic rings. The number of anilines is 2. The third-order valence-electron chi connectivity index (χ3n) is 5.36. The molecule has 0 saturated carbocycles. The summed E-state index contributed by atoms with van der Waals surface area (Å²) in [5, 5.41) is 4.14. The van der Waals surface area contributed by atoms with Gasteiger partial charge in [0, 0.05) is 36.2 Å². The van der Waals surface area contributed by atoms with E-state index in [0.717, 1.165) is 54.1 Å². The van der Waals surface area contributed by atoms with E-state index in [1.165, 1.54) is 6.33 Å². The number of rotatable bonds is 13. The molecular formula is C29H36N4O5. The molecule has 0 amide bonds. The van der Waals surface area contributed by atoms with Crippen molar-refractivity contribution in [1.29, 1.82) is 0 Å². The number of nitrogens with zero attached hydrogens (tertiary/aromatic N) is 2. The highest BCUT2D eigenvalue weighted by Crippen LogP contribution is 2.35. The second-order valence-corrected chi connectivity index (χ2v) is 8.59. The molecule has 1 heterocycles. The van der Waals surface area contributed by atoms with E-state index < -0.39 is 0 Å². The SMILES string of the molecule is C#Cc1cccc(Nc2ncnc3cc(OC)c(OCCCCCCC=O)cc23)c1.CNOC(=O)C(C)C. The maximum atomic E-state index is 10.5. The highest BCUT2D eigenvalue weighted by atomic mass is 16.7. The van der Waals surface area contributed by atoms with Crippen LogP contribution in [-0.4, -0.2) is 43.0 Å². The monoisotopic (exact) mass is 520 g/mol. The van der Waals surface area contributed by atoms with Gasteiger partial charge >= 0.3 is 5.97 Å². The topological polar surface area (TPSA) is 112 Å². The molecule has 0 unspecified atom stereocenters. The number of carbonyl (C=O) groups excluding carboxylic acids is 2. The van der Waals surface area contributed by atoms with Crippen molar-refractivity contribution in [3.05, 3.63) is 48.3 Å². The first-order valence-electron chi connectivity index (χ1n) is 12.5. The van der Waals surface area contributed by atoms with Gasteiger partial charge in [-0.15, -0.1) is 6.42 Å². The van der Waals surface area contributed by atoms with Gasteiger partial charge in [-0.2, -0.15) is 5.48 Å². The minimum Gasteiger partial charge on any atom is -0.493 e. The first kappa shape index (κ1) is 30.1. The molecule has 3 rings (SSSR count). The minimum atomic E-state index is -0.229. The Kier molecular flexibility index (Phi) is 13.1. The average Bonchev–Trinajstić information content (AvgIpc) is 2.93. The zero-order valence-electron chi connectivity index (χ0n) is 22.5. The van der Waals surface area contributed by atoms with Gasteiger partial charge < -0.3 is 24.4 Å². The maximum Gasteiger partial charge on any atom is 0.327 e. The molecule has 0 aliphatic heterocycles. The molecular weight excluding hydrogens is 484 g/mol. The van der Waals surface area contributed by atoms with Crippen LogP contribution in [-0.2, 0) is 14.4 Å². The van der Waals surface area contributed by atoms with E-state index in [9.17, 15) is 9.59 Å². The van der Waals surface area contributed by atoms with Gasteiger partial charge in [-0.3, -0.25) is 4.79 Å². The number of hydrogen-bond donors (Lipinski definition) is 2. The first-order chi connectivity index (χ1) is 18.4. The summed E-state index contributed by atoms with van der Waals surface area (Å²) in [5.41, 5.74) is 4.68. The number of nitrogens with one attached hydrogen (secondary N) is 2. The van der Waals surface area contributed by atoms with Crippen LogP contribution in [0.25, 0.3) is 10.9 Å². The number of ether oxygens (including phenoxy) is 2. The van der Waals surface area contributed by atoms with Crippen LogP contribution in [0.15, 0.2) is 42.7 Å². The lowest BCUT2D eigenvalue weighted by Crippen LogP contribution is -2.19. The fourth-order valence-corrected chi connectivity index (χ4v) is 3.34. The first-order valence-corrected chi connectivity index (χ1v) is 12.5. The molecule has 202 valence electrons. The second-order valence-electron chi connectivity index (χ2n) is 8.59. The van der Waals surface area contributed by atoms with Gasteiger partial charge in [0.05, 0.1) is 25.2 Å². The Morgan fingerprint density at radius 3 is 2.55 bits per heavy atom. The molecule has 0 radical (unpaired) electrons. The molecule has 0 fully saturated rings. The zero-order valence-corrected chi connectivity index (χ0v) is 22.5. The minimum absolute atomic E-state index is 0.0533. The Labute approximate surface area is 224 Å². The van der Waals surface area contributed by atoms with Crippen molar-refractivity contribution in [2.45, 2.75) is 46.0 Å². The number of carbonyl (C=O) groups is 2. The third-order valence-corrected chi connectivity index (χ3v) is 5.36. The largest absolute Gasteiger partial charge is 0.493 e. The van der Waals surface area contributed by atoms with Gasteiger partial charge in [0.1, 0.15) is 18.4 Å². The van der Waals surface area contributed by atoms with Crippen LogP contribution in [0.5, 0.6) is 11.5 Å². The summed E-state index contributed by atoms with van der Waals surface area (Å²) < 4.78 is 11.5. The molecule has 0 aliphatic carbocycles. The van der Waals surface area contributed by atoms with Crippen LogP contribution in [0.1, 0.15) is 51.5 Å². The van der Waals surface area contributed by atoms with Crippen LogP contribution in [0, 0.1) is 18.3 Å². The fraction of sp³-hybridized carbons (Fsp3) is 0.379. The summed E-state index contributed by atoms with van der Waals surface area (Å²) in [4.78, 5) is 34.0. The summed E-state index contributed by atoms with van der Waals surface area (Å²) in [6.45, 7) is 4.13. The summed E-state index contributed by atoms with van der Waals surface area (Å²) in [6.07, 6.45) is 12.5. The fourth-order valence-electron chi connectivity index (χ4n) is 3.34. The Morgan fingerprint density at radius 2 is 1.89 bits per heavy atom. The van der Waals surface area contributed by atoms with E-state index in [1.807, 2.05) is 36.4 Å². The van der Waals surface area contributed by atoms with Crippen molar-refractivity contribution in [3.63, 3.8) is 0 Å². The van der Waals surface area contributed by atoms with E-state index in [1.54, 1.807) is 28.0 Å². The van der Waals surface area contributed by atoms with Crippen molar-refractivity contribution < 1.29 is 23.9 Å². The van der Waals surface area contributed by atoms with Crippen molar-refractivity contribution in [2.75, 3.05) is 26.1 Å². The Hall–Kier alpha value is -4.16. The molecule has 3 aromatic rings. The van der Waals surface area contributed by atoms with Crippen LogP contribution < -0.4 is 20.3 Å². The lowest BCUT2D eigenvalue weighted by atomic mass is 10.1. The predicted molar refractivity (Wildman–Crippen MR) is 148 cm³/mol. The molecule has 9 heteroatoms. The predicted octanol–water partition coefficient (Wildman–Crippen LogP) is 5.21. The lowest BCUT2D eigenvalue weighted by Gasteiger charge is -2.14. The quantitative estimate of drug-likeness (QED) is 0.136. The van der Waals surface area contributed by atoms with Crippen LogP contribution >= 0.6 is 0 Å². The number of terminal acetylenes is 1. The van der Waals surface area contributed by atoms with E-state index in [0.29, 0.717) is 30.3 Å². The third kappa shape index (κ3) is 9.71. The van der Waals surface area contributed by atoms with E-state index >= 15 is 0 Å². The summed E-state index contributed by atoms with van der Waals surface area (Å²) >= 11 is 0. The standard InChI is InChI=1S/C24H25N3O3.C5H11NO2/c1-3-18-10-9-11-19(14-18)27-24-20-15-23(30-13-8-6-4-5-7-12-28)22(29-2)16-21(20)25-17-26-24;1-4(2)5(7)8-6-3/h1,9-12,14-17H,4-8,13H2,2H3,(H,25,26,27);4,6H,1-3H3. The van der Waals surface area contributed by atoms with Crippen LogP contribution in [0.4, 0.5) is 11.5 Å². The number of unbranched alkanes of at least 4 members (excludes halogenated alkanes) is 4. The molecule has 1 aromatic heterocycles. The van der Waals surface area contributed by atoms with Crippen molar-refractivity contribution in [1.82, 2.24) is 15.4 Å². The van der Waals surface area contributed by atoms with Crippen molar-refractivity contribution in [3.8, 4) is 23.8 Å². The molecule has 2 N–H and O–H groups in total. The van der Waals surface area contributed by atoms with E-state index in [4.69, 9.17) is 15.9 Å². The number of fused-ring (bicyclic) bond motifs is 1. The smallest absolute Gasteiger partial charge is 0.327 e. The number of hydroxylamine groups is 1. The molecule has 0 atom stereocenters. The highest BCUT2D eigenvalue weighted by molar-refractivity contribution is 5.93. The molecule has 38 heavy (non-hydrogen) atoms. The van der Waals surface area contributed by atoms with Crippen molar-refractivity contribution in [2.24, 2.45) is 5.92 Å². The van der Waals surface area contributed by atoms with Gasteiger partial charge in [-0.25, -0.2) is 9.97 Å². The summed E-state index contributed by atoms with van der Waals surface area (Å²) in [5.74, 6) is 4.29. The summed E-state index contributed by atoms with van der Waals surface area (Å²) in [7, 11) is 3.17. The highest BCUT2D eigenvalue weighted by Gasteiger charge is 2.12. The average molecular weight is 521 g/mol.